The van der Waals surface area contributed by atoms with E-state index in [-0.39, 0.29) is 29.1 Å². The Balaban J connectivity index is 2.20. The smallest absolute Gasteiger partial charge is 0.410 e. The van der Waals surface area contributed by atoms with E-state index in [2.05, 4.69) is 65.7 Å². The Kier molecular flexibility index (Phi) is 8.41. The van der Waals surface area contributed by atoms with Gasteiger partial charge in [0.05, 0.1) is 27.7 Å². The Morgan fingerprint density at radius 2 is 1.78 bits per heavy atom. The second-order valence-corrected chi connectivity index (χ2v) is 18.8. The van der Waals surface area contributed by atoms with E-state index >= 15 is 0 Å². The van der Waals surface area contributed by atoms with Crippen LogP contribution < -0.4 is 4.90 Å². The van der Waals surface area contributed by atoms with Gasteiger partial charge in [-0.25, -0.2) is 14.0 Å². The molecule has 1 amide bonds. The molecule has 1 aromatic rings. The molecule has 0 N–H and O–H groups in total. The van der Waals surface area contributed by atoms with E-state index in [1.54, 1.807) is 11.0 Å². The minimum Gasteiger partial charge on any atom is -0.444 e. The van der Waals surface area contributed by atoms with Crippen molar-refractivity contribution in [2.75, 3.05) is 23.3 Å². The molecule has 0 unspecified atom stereocenters. The van der Waals surface area contributed by atoms with Gasteiger partial charge in [0.15, 0.2) is 0 Å². The number of fused-ring (bicyclic) bond motifs is 1. The first-order chi connectivity index (χ1) is 16.9. The number of carbonyl (C=O) groups excluding carboxylic acids is 3. The predicted octanol–water partition coefficient (Wildman–Crippen LogP) is 6.71. The first-order valence-corrected chi connectivity index (χ1v) is 17.2. The normalized spacial score (nSPS) is 20.7. The molecule has 2 aliphatic rings. The first-order valence-electron chi connectivity index (χ1n) is 12.3. The van der Waals surface area contributed by atoms with Gasteiger partial charge in [-0.1, -0.05) is 49.8 Å². The Morgan fingerprint density at radius 1 is 1.16 bits per heavy atom. The van der Waals surface area contributed by atoms with Crippen LogP contribution in [0.2, 0.25) is 18.1 Å². The van der Waals surface area contributed by atoms with Gasteiger partial charge in [-0.2, -0.15) is 0 Å². The summed E-state index contributed by atoms with van der Waals surface area (Å²) < 4.78 is 20.5. The van der Waals surface area contributed by atoms with Crippen molar-refractivity contribution in [1.29, 1.82) is 0 Å². The predicted molar refractivity (Wildman–Crippen MR) is 155 cm³/mol. The van der Waals surface area contributed by atoms with Crippen LogP contribution >= 0.6 is 31.9 Å². The largest absolute Gasteiger partial charge is 0.444 e. The number of allylic oxidation sites excluding steroid dienone is 3. The molecule has 0 saturated carbocycles. The summed E-state index contributed by atoms with van der Waals surface area (Å²) in [6.07, 6.45) is -0.476. The van der Waals surface area contributed by atoms with E-state index < -0.39 is 37.5 Å². The highest BCUT2D eigenvalue weighted by Crippen LogP contribution is 2.47. The van der Waals surface area contributed by atoms with Crippen LogP contribution in [0.3, 0.4) is 0 Å². The van der Waals surface area contributed by atoms with Crippen molar-refractivity contribution in [3.05, 3.63) is 39.8 Å². The summed E-state index contributed by atoms with van der Waals surface area (Å²) in [4.78, 5) is 42.9. The second kappa shape index (κ2) is 10.4. The molecule has 2 atom stereocenters. The second-order valence-electron chi connectivity index (χ2n) is 12.2. The Labute approximate surface area is 236 Å². The maximum Gasteiger partial charge on any atom is 0.410 e. The number of carbonyl (C=O) groups is 2. The van der Waals surface area contributed by atoms with Gasteiger partial charge >= 0.3 is 6.09 Å². The lowest BCUT2D eigenvalue weighted by atomic mass is 9.94. The van der Waals surface area contributed by atoms with Crippen LogP contribution in [0.4, 0.5) is 14.9 Å². The monoisotopic (exact) mass is 656 g/mol. The van der Waals surface area contributed by atoms with E-state index in [1.807, 2.05) is 31.6 Å². The van der Waals surface area contributed by atoms with Crippen molar-refractivity contribution in [3.63, 3.8) is 0 Å². The standard InChI is InChI=1S/C27H35Br2FN2O4Si/c1-26(2,3)36-25(35)31-13-18(24(34)37(7,8)27(4,5)6)22(14-31)32-20-10-9-16(30)11-17(20)19(15-33)23(29)21(32)12-28/h9-11,18,22H,12-14H2,1-8H3/t18-,22+/m0/s1. The highest BCUT2D eigenvalue weighted by atomic mass is 79.9. The molecule has 1 fully saturated rings. The van der Waals surface area contributed by atoms with Crippen LogP contribution in [0.5, 0.6) is 0 Å². The lowest BCUT2D eigenvalue weighted by Crippen LogP contribution is -2.55. The van der Waals surface area contributed by atoms with Gasteiger partial charge in [0.2, 0.25) is 0 Å². The van der Waals surface area contributed by atoms with Gasteiger partial charge in [-0.3, -0.25) is 0 Å². The molecule has 0 aromatic heterocycles. The van der Waals surface area contributed by atoms with Gasteiger partial charge < -0.3 is 19.3 Å². The minimum absolute atomic E-state index is 0.168. The average molecular weight is 658 g/mol. The zero-order valence-corrected chi connectivity index (χ0v) is 26.8. The molecule has 1 saturated heterocycles. The van der Waals surface area contributed by atoms with Crippen LogP contribution in [0.1, 0.15) is 47.1 Å². The minimum atomic E-state index is -2.47. The summed E-state index contributed by atoms with van der Waals surface area (Å²) >= 11 is 7.09. The third kappa shape index (κ3) is 5.67. The van der Waals surface area contributed by atoms with Crippen molar-refractivity contribution in [2.45, 2.75) is 71.3 Å². The van der Waals surface area contributed by atoms with E-state index in [9.17, 15) is 18.8 Å². The lowest BCUT2D eigenvalue weighted by Gasteiger charge is -2.42. The fourth-order valence-electron chi connectivity index (χ4n) is 4.65. The number of likely N-dealkylation sites (tertiary alicyclic amines) is 1. The molecule has 2 heterocycles. The van der Waals surface area contributed by atoms with E-state index in [0.717, 1.165) is 0 Å². The first kappa shape index (κ1) is 29.8. The van der Waals surface area contributed by atoms with E-state index in [1.165, 1.54) is 12.1 Å². The zero-order chi connectivity index (χ0) is 28.1. The van der Waals surface area contributed by atoms with E-state index in [4.69, 9.17) is 4.74 Å². The molecule has 0 aliphatic carbocycles. The summed E-state index contributed by atoms with van der Waals surface area (Å²) in [7, 11) is -2.47. The number of nitrogens with zero attached hydrogens (tertiary/aromatic N) is 2. The third-order valence-electron chi connectivity index (χ3n) is 7.58. The number of benzene rings is 1. The molecule has 37 heavy (non-hydrogen) atoms. The maximum absolute atomic E-state index is 14.3. The quantitative estimate of drug-likeness (QED) is 0.205. The van der Waals surface area contributed by atoms with Gasteiger partial charge in [-0.05, 0) is 59.9 Å². The molecule has 6 nitrogen and oxygen atoms in total. The molecule has 10 heteroatoms. The summed E-state index contributed by atoms with van der Waals surface area (Å²) in [6.45, 7) is 16.3. The number of hydrogen-bond acceptors (Lipinski definition) is 5. The molecular formula is C27H35Br2FN2O4Si. The molecule has 0 bridgehead atoms. The highest BCUT2D eigenvalue weighted by Gasteiger charge is 2.53. The van der Waals surface area contributed by atoms with Crippen LogP contribution in [-0.4, -0.2) is 60.5 Å². The fourth-order valence-corrected chi connectivity index (χ4v) is 8.15. The third-order valence-corrected chi connectivity index (χ3v) is 14.3. The molecule has 1 aromatic carbocycles. The summed E-state index contributed by atoms with van der Waals surface area (Å²) in [5.41, 5.74) is 1.23. The van der Waals surface area contributed by atoms with Crippen LogP contribution in [0.25, 0.3) is 5.57 Å². The van der Waals surface area contributed by atoms with Crippen molar-refractivity contribution < 1.29 is 23.5 Å². The molecule has 2 aliphatic heterocycles. The number of amides is 1. The summed E-state index contributed by atoms with van der Waals surface area (Å²) in [5, 5.41) is 0.333. The lowest BCUT2D eigenvalue weighted by molar-refractivity contribution is -0.116. The molecule has 3 rings (SSSR count). The number of rotatable bonds is 4. The Morgan fingerprint density at radius 3 is 2.30 bits per heavy atom. The van der Waals surface area contributed by atoms with Gasteiger partial charge in [0.1, 0.15) is 30.8 Å². The molecule has 202 valence electrons. The SMILES string of the molecule is CC(C)(C)OC(=O)N1C[C@H](C(=O)[Si](C)(C)C(C)(C)C)[C@H](N2C(CBr)=C(Br)C(=C=O)c3cc(F)ccc32)C1. The molecule has 0 radical (unpaired) electrons. The number of anilines is 1. The van der Waals surface area contributed by atoms with Crippen LogP contribution in [0, 0.1) is 11.7 Å². The fraction of sp³-hybridized carbons (Fsp3) is 0.556. The van der Waals surface area contributed by atoms with Crippen LogP contribution in [0.15, 0.2) is 28.4 Å². The number of halogens is 3. The van der Waals surface area contributed by atoms with Crippen LogP contribution in [-0.2, 0) is 14.3 Å². The zero-order valence-electron chi connectivity index (χ0n) is 22.7. The summed E-state index contributed by atoms with van der Waals surface area (Å²) in [6, 6.07) is 3.82. The highest BCUT2D eigenvalue weighted by molar-refractivity contribution is 9.12. The summed E-state index contributed by atoms with van der Waals surface area (Å²) in [5.74, 6) is 0.967. The topological polar surface area (TPSA) is 66.9 Å². The van der Waals surface area contributed by atoms with E-state index in [0.29, 0.717) is 26.8 Å². The van der Waals surface area contributed by atoms with Crippen molar-refractivity contribution in [2.24, 2.45) is 5.92 Å². The van der Waals surface area contributed by atoms with Gasteiger partial charge in [0.25, 0.3) is 0 Å². The van der Waals surface area contributed by atoms with Crippen molar-refractivity contribution in [3.8, 4) is 0 Å². The van der Waals surface area contributed by atoms with Crippen molar-refractivity contribution in [1.82, 2.24) is 4.90 Å². The van der Waals surface area contributed by atoms with Gasteiger partial charge in [0, 0.05) is 29.7 Å². The molecule has 0 spiro atoms. The Hall–Kier alpha value is -1.74. The van der Waals surface area contributed by atoms with Gasteiger partial charge in [-0.15, -0.1) is 0 Å². The number of hydrogen-bond donors (Lipinski definition) is 0. The number of alkyl halides is 1. The Bertz CT molecular complexity index is 1200. The molecular weight excluding hydrogens is 623 g/mol. The maximum atomic E-state index is 14.3. The average Bonchev–Trinajstić information content (AvgIpc) is 3.21. The number of ether oxygens (including phenoxy) is 1. The van der Waals surface area contributed by atoms with Crippen molar-refractivity contribution >= 4 is 68.6 Å².